The Labute approximate surface area is 159 Å². The Kier molecular flexibility index (Phi) is 7.09. The maximum absolute atomic E-state index is 12.6. The van der Waals surface area contributed by atoms with E-state index in [2.05, 4.69) is 41.1 Å². The van der Waals surface area contributed by atoms with Gasteiger partial charge in [0.25, 0.3) is 0 Å². The van der Waals surface area contributed by atoms with E-state index < -0.39 is 0 Å². The molecule has 0 saturated carbocycles. The number of hydrogen-bond donors (Lipinski definition) is 0. The number of benzene rings is 1. The molecule has 0 radical (unpaired) electrons. The predicted octanol–water partition coefficient (Wildman–Crippen LogP) is 3.51. The molecule has 144 valence electrons. The van der Waals surface area contributed by atoms with Crippen molar-refractivity contribution in [2.45, 2.75) is 64.1 Å². The number of nitrogens with zero attached hydrogens (tertiary/aromatic N) is 3. The Morgan fingerprint density at radius 3 is 2.50 bits per heavy atom. The van der Waals surface area contributed by atoms with Gasteiger partial charge in [0.1, 0.15) is 0 Å². The highest BCUT2D eigenvalue weighted by atomic mass is 16.2. The molecule has 0 spiro atoms. The molecule has 1 aromatic carbocycles. The quantitative estimate of drug-likeness (QED) is 0.747. The van der Waals surface area contributed by atoms with Crippen LogP contribution in [-0.2, 0) is 17.9 Å². The van der Waals surface area contributed by atoms with Gasteiger partial charge in [-0.15, -0.1) is 0 Å². The molecule has 1 unspecified atom stereocenters. The van der Waals surface area contributed by atoms with E-state index in [4.69, 9.17) is 0 Å². The lowest BCUT2D eigenvalue weighted by atomic mass is 9.98. The molecule has 1 atom stereocenters. The second kappa shape index (κ2) is 9.52. The zero-order valence-corrected chi connectivity index (χ0v) is 16.6. The smallest absolute Gasteiger partial charge is 0.222 e. The second-order valence-electron chi connectivity index (χ2n) is 8.17. The first-order valence-corrected chi connectivity index (χ1v) is 10.4. The highest BCUT2D eigenvalue weighted by molar-refractivity contribution is 5.75. The van der Waals surface area contributed by atoms with Crippen LogP contribution in [0.5, 0.6) is 0 Å². The van der Waals surface area contributed by atoms with Crippen molar-refractivity contribution in [3.8, 4) is 0 Å². The molecule has 1 aromatic rings. The molecule has 4 heteroatoms. The molecule has 26 heavy (non-hydrogen) atoms. The van der Waals surface area contributed by atoms with Crippen LogP contribution in [0.1, 0.15) is 56.1 Å². The molecule has 2 heterocycles. The summed E-state index contributed by atoms with van der Waals surface area (Å²) in [5.74, 6) is 0.278. The van der Waals surface area contributed by atoms with E-state index in [9.17, 15) is 4.79 Å². The van der Waals surface area contributed by atoms with Gasteiger partial charge in [0.15, 0.2) is 0 Å². The van der Waals surface area contributed by atoms with E-state index in [1.54, 1.807) is 0 Å². The lowest BCUT2D eigenvalue weighted by Crippen LogP contribution is -2.37. The lowest BCUT2D eigenvalue weighted by Gasteiger charge is -2.32. The topological polar surface area (TPSA) is 26.8 Å². The van der Waals surface area contributed by atoms with Crippen molar-refractivity contribution < 1.29 is 4.79 Å². The van der Waals surface area contributed by atoms with Crippen LogP contribution in [0.15, 0.2) is 24.3 Å². The van der Waals surface area contributed by atoms with Crippen LogP contribution in [-0.4, -0.2) is 60.4 Å². The Hall–Kier alpha value is -1.39. The average Bonchev–Trinajstić information content (AvgIpc) is 3.15. The summed E-state index contributed by atoms with van der Waals surface area (Å²) >= 11 is 0. The van der Waals surface area contributed by atoms with Crippen molar-refractivity contribution in [2.75, 3.05) is 33.7 Å². The minimum atomic E-state index is 0.278. The molecule has 2 fully saturated rings. The van der Waals surface area contributed by atoms with E-state index in [1.807, 2.05) is 11.9 Å². The van der Waals surface area contributed by atoms with Crippen molar-refractivity contribution in [2.24, 2.45) is 0 Å². The van der Waals surface area contributed by atoms with Gasteiger partial charge in [-0.2, -0.15) is 0 Å². The minimum absolute atomic E-state index is 0.278. The number of likely N-dealkylation sites (tertiary alicyclic amines) is 2. The molecule has 4 nitrogen and oxygen atoms in total. The van der Waals surface area contributed by atoms with Gasteiger partial charge in [-0.1, -0.05) is 30.7 Å². The lowest BCUT2D eigenvalue weighted by molar-refractivity contribution is -0.130. The van der Waals surface area contributed by atoms with Crippen molar-refractivity contribution in [3.05, 3.63) is 35.4 Å². The first-order chi connectivity index (χ1) is 12.6. The summed E-state index contributed by atoms with van der Waals surface area (Å²) in [5, 5.41) is 0. The van der Waals surface area contributed by atoms with E-state index in [0.717, 1.165) is 19.5 Å². The summed E-state index contributed by atoms with van der Waals surface area (Å²) in [7, 11) is 4.16. The van der Waals surface area contributed by atoms with Gasteiger partial charge >= 0.3 is 0 Å². The Morgan fingerprint density at radius 1 is 1.08 bits per heavy atom. The third-order valence-electron chi connectivity index (χ3n) is 6.16. The average molecular weight is 358 g/mol. The number of carbonyl (C=O) groups excluding carboxylic acids is 1. The van der Waals surface area contributed by atoms with Gasteiger partial charge in [0.05, 0.1) is 0 Å². The molecule has 2 aliphatic rings. The summed E-state index contributed by atoms with van der Waals surface area (Å²) in [6.45, 7) is 5.34. The fourth-order valence-electron chi connectivity index (χ4n) is 4.38. The Morgan fingerprint density at radius 2 is 1.77 bits per heavy atom. The summed E-state index contributed by atoms with van der Waals surface area (Å²) < 4.78 is 0. The third-order valence-corrected chi connectivity index (χ3v) is 6.16. The second-order valence-corrected chi connectivity index (χ2v) is 8.17. The van der Waals surface area contributed by atoms with Crippen LogP contribution in [0.25, 0.3) is 0 Å². The van der Waals surface area contributed by atoms with Gasteiger partial charge in [0.2, 0.25) is 5.91 Å². The van der Waals surface area contributed by atoms with Crippen molar-refractivity contribution in [3.63, 3.8) is 0 Å². The monoisotopic (exact) mass is 357 g/mol. The summed E-state index contributed by atoms with van der Waals surface area (Å²) in [6, 6.07) is 9.21. The number of amides is 1. The molecule has 0 N–H and O–H groups in total. The van der Waals surface area contributed by atoms with E-state index >= 15 is 0 Å². The molecule has 0 bridgehead atoms. The molecule has 0 aromatic heterocycles. The zero-order valence-electron chi connectivity index (χ0n) is 16.6. The first kappa shape index (κ1) is 19.4. The number of rotatable bonds is 7. The highest BCUT2D eigenvalue weighted by Gasteiger charge is 2.21. The molecule has 2 aliphatic heterocycles. The van der Waals surface area contributed by atoms with Crippen LogP contribution in [0.3, 0.4) is 0 Å². The van der Waals surface area contributed by atoms with Gasteiger partial charge in [-0.25, -0.2) is 0 Å². The molecular formula is C22H35N3O. The molecule has 2 saturated heterocycles. The van der Waals surface area contributed by atoms with Gasteiger partial charge in [-0.3, -0.25) is 9.69 Å². The zero-order chi connectivity index (χ0) is 18.4. The van der Waals surface area contributed by atoms with Gasteiger partial charge < -0.3 is 9.80 Å². The third kappa shape index (κ3) is 5.31. The molecule has 3 rings (SSSR count). The largest absolute Gasteiger partial charge is 0.341 e. The first-order valence-electron chi connectivity index (χ1n) is 10.4. The minimum Gasteiger partial charge on any atom is -0.341 e. The molecule has 0 aliphatic carbocycles. The van der Waals surface area contributed by atoms with Crippen molar-refractivity contribution in [1.82, 2.24) is 14.7 Å². The van der Waals surface area contributed by atoms with Crippen LogP contribution in [0.4, 0.5) is 0 Å². The van der Waals surface area contributed by atoms with Crippen LogP contribution < -0.4 is 0 Å². The van der Waals surface area contributed by atoms with Gasteiger partial charge in [0, 0.05) is 32.6 Å². The van der Waals surface area contributed by atoms with E-state index in [0.29, 0.717) is 12.5 Å². The highest BCUT2D eigenvalue weighted by Crippen LogP contribution is 2.21. The standard InChI is InChI=1S/C22H35N3O/c1-23-14-6-5-11-21(23)12-13-22(26)24(2)17-19-9-3-4-10-20(19)18-25-15-7-8-16-25/h3-4,9-10,21H,5-8,11-18H2,1-2H3. The van der Waals surface area contributed by atoms with E-state index in [1.165, 1.54) is 62.9 Å². The fraction of sp³-hybridized carbons (Fsp3) is 0.682. The van der Waals surface area contributed by atoms with Crippen LogP contribution >= 0.6 is 0 Å². The van der Waals surface area contributed by atoms with Gasteiger partial charge in [-0.05, 0) is 69.9 Å². The maximum atomic E-state index is 12.6. The summed E-state index contributed by atoms with van der Waals surface area (Å²) in [5.41, 5.74) is 2.67. The Bertz CT molecular complexity index is 583. The maximum Gasteiger partial charge on any atom is 0.222 e. The number of piperidine rings is 1. The normalized spacial score (nSPS) is 21.8. The van der Waals surface area contributed by atoms with Crippen LogP contribution in [0, 0.1) is 0 Å². The van der Waals surface area contributed by atoms with Crippen molar-refractivity contribution in [1.29, 1.82) is 0 Å². The van der Waals surface area contributed by atoms with E-state index in [-0.39, 0.29) is 5.91 Å². The summed E-state index contributed by atoms with van der Waals surface area (Å²) in [4.78, 5) is 19.5. The van der Waals surface area contributed by atoms with Crippen molar-refractivity contribution >= 4 is 5.91 Å². The SMILES string of the molecule is CN(Cc1ccccc1CN1CCCC1)C(=O)CCC1CCCCN1C. The predicted molar refractivity (Wildman–Crippen MR) is 107 cm³/mol. The Balaban J connectivity index is 1.51. The molecule has 1 amide bonds. The number of hydrogen-bond acceptors (Lipinski definition) is 3. The fourth-order valence-corrected chi connectivity index (χ4v) is 4.38. The van der Waals surface area contributed by atoms with Crippen LogP contribution in [0.2, 0.25) is 0 Å². The summed E-state index contributed by atoms with van der Waals surface area (Å²) in [6.07, 6.45) is 8.14. The molecular weight excluding hydrogens is 322 g/mol. The number of carbonyl (C=O) groups is 1.